The van der Waals surface area contributed by atoms with Crippen LogP contribution in [0.3, 0.4) is 0 Å². The lowest BCUT2D eigenvalue weighted by molar-refractivity contribution is 0.0742. The summed E-state index contributed by atoms with van der Waals surface area (Å²) >= 11 is 0. The lowest BCUT2D eigenvalue weighted by Gasteiger charge is -2.25. The third kappa shape index (κ3) is 4.48. The molecule has 1 unspecified atom stereocenters. The molecule has 0 aliphatic heterocycles. The fourth-order valence-electron chi connectivity index (χ4n) is 2.34. The first-order chi connectivity index (χ1) is 12.3. The van der Waals surface area contributed by atoms with E-state index >= 15 is 0 Å². The van der Waals surface area contributed by atoms with Crippen LogP contribution in [0, 0.1) is 18.2 Å². The zero-order valence-electron chi connectivity index (χ0n) is 14.4. The molecular formula is C19H19FN2O3S. The van der Waals surface area contributed by atoms with Crippen LogP contribution in [-0.2, 0) is 10.0 Å². The Kier molecular flexibility index (Phi) is 6.14. The van der Waals surface area contributed by atoms with Crippen LogP contribution in [0.1, 0.15) is 28.9 Å². The van der Waals surface area contributed by atoms with Crippen LogP contribution in [-0.4, -0.2) is 32.8 Å². The van der Waals surface area contributed by atoms with Crippen LogP contribution in [0.2, 0.25) is 0 Å². The molecule has 2 rings (SSSR count). The molecule has 0 saturated heterocycles. The Bertz CT molecular complexity index is 917. The van der Waals surface area contributed by atoms with E-state index in [4.69, 9.17) is 6.42 Å². The van der Waals surface area contributed by atoms with Crippen molar-refractivity contribution in [3.8, 4) is 12.3 Å². The standard InChI is InChI=1S/C19H19FN2O3S/c1-4-13-21-26(24,25)18-11-7-16(8-12-18)19(23)22(3)14(2)15-5-9-17(20)10-6-15/h1,5-12,14,21H,13H2,2-3H3. The fraction of sp³-hybridized carbons (Fsp3) is 0.211. The molecule has 0 aliphatic rings. The third-order valence-corrected chi connectivity index (χ3v) is 5.45. The molecule has 0 fully saturated rings. The average Bonchev–Trinajstić information content (AvgIpc) is 2.65. The van der Waals surface area contributed by atoms with Crippen molar-refractivity contribution in [2.75, 3.05) is 13.6 Å². The topological polar surface area (TPSA) is 66.5 Å². The van der Waals surface area contributed by atoms with Crippen LogP contribution in [0.4, 0.5) is 4.39 Å². The molecule has 0 saturated carbocycles. The summed E-state index contributed by atoms with van der Waals surface area (Å²) in [6, 6.07) is 11.2. The van der Waals surface area contributed by atoms with Gasteiger partial charge in [0.05, 0.1) is 17.5 Å². The molecule has 7 heteroatoms. The predicted octanol–water partition coefficient (Wildman–Crippen LogP) is 2.57. The Labute approximate surface area is 152 Å². The molecule has 136 valence electrons. The maximum absolute atomic E-state index is 13.0. The molecule has 2 aromatic rings. The highest BCUT2D eigenvalue weighted by molar-refractivity contribution is 7.89. The van der Waals surface area contributed by atoms with E-state index in [9.17, 15) is 17.6 Å². The molecule has 0 heterocycles. The summed E-state index contributed by atoms with van der Waals surface area (Å²) in [7, 11) is -2.07. The van der Waals surface area contributed by atoms with E-state index in [0.717, 1.165) is 5.56 Å². The number of nitrogens with one attached hydrogen (secondary N) is 1. The molecule has 0 spiro atoms. The van der Waals surface area contributed by atoms with E-state index < -0.39 is 10.0 Å². The summed E-state index contributed by atoms with van der Waals surface area (Å²) in [5, 5.41) is 0. The molecule has 1 N–H and O–H groups in total. The molecular weight excluding hydrogens is 355 g/mol. The van der Waals surface area contributed by atoms with E-state index in [1.54, 1.807) is 19.2 Å². The number of carbonyl (C=O) groups excluding carboxylic acids is 1. The maximum Gasteiger partial charge on any atom is 0.254 e. The number of carbonyl (C=O) groups is 1. The number of rotatable bonds is 6. The van der Waals surface area contributed by atoms with Crippen LogP contribution in [0.15, 0.2) is 53.4 Å². The van der Waals surface area contributed by atoms with Gasteiger partial charge in [0, 0.05) is 12.6 Å². The zero-order chi connectivity index (χ0) is 19.3. The summed E-state index contributed by atoms with van der Waals surface area (Å²) in [5.41, 5.74) is 1.14. The van der Waals surface area contributed by atoms with Gasteiger partial charge in [0.1, 0.15) is 5.82 Å². The molecule has 26 heavy (non-hydrogen) atoms. The second kappa shape index (κ2) is 8.13. The van der Waals surface area contributed by atoms with Crippen LogP contribution >= 0.6 is 0 Å². The second-order valence-corrected chi connectivity index (χ2v) is 7.46. The highest BCUT2D eigenvalue weighted by Gasteiger charge is 2.20. The number of hydrogen-bond donors (Lipinski definition) is 1. The molecule has 1 amide bonds. The number of halogens is 1. The van der Waals surface area contributed by atoms with Crippen molar-refractivity contribution in [2.45, 2.75) is 17.9 Å². The monoisotopic (exact) mass is 374 g/mol. The second-order valence-electron chi connectivity index (χ2n) is 5.70. The highest BCUT2D eigenvalue weighted by Crippen LogP contribution is 2.21. The lowest BCUT2D eigenvalue weighted by Crippen LogP contribution is -2.29. The van der Waals surface area contributed by atoms with E-state index in [2.05, 4.69) is 10.6 Å². The zero-order valence-corrected chi connectivity index (χ0v) is 15.3. The van der Waals surface area contributed by atoms with Crippen molar-refractivity contribution >= 4 is 15.9 Å². The normalized spacial score (nSPS) is 12.2. The van der Waals surface area contributed by atoms with E-state index in [1.807, 2.05) is 6.92 Å². The number of amides is 1. The van der Waals surface area contributed by atoms with Gasteiger partial charge in [-0.05, 0) is 48.9 Å². The largest absolute Gasteiger partial charge is 0.335 e. The van der Waals surface area contributed by atoms with Crippen molar-refractivity contribution < 1.29 is 17.6 Å². The predicted molar refractivity (Wildman–Crippen MR) is 97.4 cm³/mol. The molecule has 5 nitrogen and oxygen atoms in total. The van der Waals surface area contributed by atoms with E-state index in [-0.39, 0.29) is 29.2 Å². The van der Waals surface area contributed by atoms with Gasteiger partial charge in [-0.1, -0.05) is 18.1 Å². The van der Waals surface area contributed by atoms with Gasteiger partial charge < -0.3 is 4.90 Å². The van der Waals surface area contributed by atoms with Gasteiger partial charge in [-0.25, -0.2) is 12.8 Å². The number of benzene rings is 2. The van der Waals surface area contributed by atoms with E-state index in [0.29, 0.717) is 5.56 Å². The Hall–Kier alpha value is -2.69. The third-order valence-electron chi connectivity index (χ3n) is 4.03. The molecule has 2 aromatic carbocycles. The van der Waals surface area contributed by atoms with Gasteiger partial charge in [0.15, 0.2) is 0 Å². The van der Waals surface area contributed by atoms with Gasteiger partial charge >= 0.3 is 0 Å². The van der Waals surface area contributed by atoms with Crippen molar-refractivity contribution in [3.63, 3.8) is 0 Å². The number of sulfonamides is 1. The first-order valence-corrected chi connectivity index (χ1v) is 9.30. The maximum atomic E-state index is 13.0. The molecule has 0 radical (unpaired) electrons. The SMILES string of the molecule is C#CCNS(=O)(=O)c1ccc(C(=O)N(C)C(C)c2ccc(F)cc2)cc1. The van der Waals surface area contributed by atoms with Crippen molar-refractivity contribution in [2.24, 2.45) is 0 Å². The minimum Gasteiger partial charge on any atom is -0.335 e. The van der Waals surface area contributed by atoms with Gasteiger partial charge in [-0.15, -0.1) is 6.42 Å². The molecule has 1 atom stereocenters. The summed E-state index contributed by atoms with van der Waals surface area (Å²) in [6.07, 6.45) is 5.05. The van der Waals surface area contributed by atoms with Crippen molar-refractivity contribution in [1.29, 1.82) is 0 Å². The lowest BCUT2D eigenvalue weighted by atomic mass is 10.1. The number of nitrogens with zero attached hydrogens (tertiary/aromatic N) is 1. The minimum absolute atomic E-state index is 0.0264. The van der Waals surface area contributed by atoms with Gasteiger partial charge in [-0.3, -0.25) is 4.79 Å². The smallest absolute Gasteiger partial charge is 0.254 e. The average molecular weight is 374 g/mol. The quantitative estimate of drug-likeness (QED) is 0.791. The van der Waals surface area contributed by atoms with Crippen molar-refractivity contribution in [1.82, 2.24) is 9.62 Å². The minimum atomic E-state index is -3.70. The highest BCUT2D eigenvalue weighted by atomic mass is 32.2. The van der Waals surface area contributed by atoms with Crippen LogP contribution in [0.5, 0.6) is 0 Å². The first-order valence-electron chi connectivity index (χ1n) is 7.82. The fourth-order valence-corrected chi connectivity index (χ4v) is 3.28. The van der Waals surface area contributed by atoms with Crippen LogP contribution in [0.25, 0.3) is 0 Å². The van der Waals surface area contributed by atoms with Gasteiger partial charge in [0.2, 0.25) is 10.0 Å². The molecule has 0 aliphatic carbocycles. The van der Waals surface area contributed by atoms with Crippen LogP contribution < -0.4 is 4.72 Å². The number of terminal acetylenes is 1. The first kappa shape index (κ1) is 19.6. The van der Waals surface area contributed by atoms with Gasteiger partial charge in [-0.2, -0.15) is 4.72 Å². The summed E-state index contributed by atoms with van der Waals surface area (Å²) in [5.74, 6) is 1.58. The van der Waals surface area contributed by atoms with E-state index in [1.165, 1.54) is 41.3 Å². The molecule has 0 aromatic heterocycles. The van der Waals surface area contributed by atoms with Gasteiger partial charge in [0.25, 0.3) is 5.91 Å². The Morgan fingerprint density at radius 2 is 1.77 bits per heavy atom. The summed E-state index contributed by atoms with van der Waals surface area (Å²) in [4.78, 5) is 14.2. The van der Waals surface area contributed by atoms with Crippen molar-refractivity contribution in [3.05, 3.63) is 65.5 Å². The summed E-state index contributed by atoms with van der Waals surface area (Å²) in [6.45, 7) is 1.72. The summed E-state index contributed by atoms with van der Waals surface area (Å²) < 4.78 is 39.3. The number of hydrogen-bond acceptors (Lipinski definition) is 3. The Morgan fingerprint density at radius 3 is 2.31 bits per heavy atom. The molecule has 0 bridgehead atoms. The Balaban J connectivity index is 2.16. The Morgan fingerprint density at radius 1 is 1.19 bits per heavy atom.